The first kappa shape index (κ1) is 15.7. The summed E-state index contributed by atoms with van der Waals surface area (Å²) in [4.78, 5) is 26.0. The number of allylic oxidation sites excluding steroid dienone is 1. The number of hydrogen-bond acceptors (Lipinski definition) is 2. The largest absolute Gasteiger partial charge is 0.366 e. The normalized spacial score (nSPS) is 10.7. The van der Waals surface area contributed by atoms with Crippen molar-refractivity contribution in [2.75, 3.05) is 0 Å². The van der Waals surface area contributed by atoms with Gasteiger partial charge in [0.15, 0.2) is 5.78 Å². The lowest BCUT2D eigenvalue weighted by molar-refractivity contribution is -0.114. The molecular formula is C19H15FN2O2. The molecule has 0 radical (unpaired) electrons. The summed E-state index contributed by atoms with van der Waals surface area (Å²) in [5, 5.41) is 0.692. The maximum atomic E-state index is 14.9. The zero-order valence-corrected chi connectivity index (χ0v) is 12.8. The van der Waals surface area contributed by atoms with Crippen molar-refractivity contribution in [3.8, 4) is 11.1 Å². The highest BCUT2D eigenvalue weighted by atomic mass is 19.1. The van der Waals surface area contributed by atoms with Crippen molar-refractivity contribution >= 4 is 22.6 Å². The van der Waals surface area contributed by atoms with Gasteiger partial charge in [-0.15, -0.1) is 0 Å². The molecule has 3 rings (SSSR count). The number of ketones is 1. The van der Waals surface area contributed by atoms with Crippen molar-refractivity contribution in [3.63, 3.8) is 0 Å². The van der Waals surface area contributed by atoms with E-state index in [1.54, 1.807) is 42.6 Å². The van der Waals surface area contributed by atoms with E-state index in [2.05, 4.69) is 11.6 Å². The third-order valence-electron chi connectivity index (χ3n) is 3.95. The van der Waals surface area contributed by atoms with Gasteiger partial charge in [-0.2, -0.15) is 0 Å². The molecule has 1 aromatic heterocycles. The van der Waals surface area contributed by atoms with Crippen molar-refractivity contribution in [1.82, 2.24) is 4.98 Å². The Labute approximate surface area is 137 Å². The third kappa shape index (κ3) is 2.60. The molecule has 0 aliphatic rings. The van der Waals surface area contributed by atoms with Gasteiger partial charge in [-0.1, -0.05) is 30.8 Å². The van der Waals surface area contributed by atoms with Gasteiger partial charge < -0.3 is 10.7 Å². The van der Waals surface area contributed by atoms with Crippen LogP contribution in [-0.4, -0.2) is 16.7 Å². The number of aromatic nitrogens is 1. The first-order chi connectivity index (χ1) is 11.5. The smallest absolute Gasteiger partial charge is 0.250 e. The molecule has 120 valence electrons. The highest BCUT2D eigenvalue weighted by molar-refractivity contribution is 6.09. The van der Waals surface area contributed by atoms with E-state index in [0.717, 1.165) is 0 Å². The number of amides is 1. The fourth-order valence-electron chi connectivity index (χ4n) is 2.78. The van der Waals surface area contributed by atoms with E-state index in [1.165, 1.54) is 6.08 Å². The fourth-order valence-corrected chi connectivity index (χ4v) is 2.78. The Hall–Kier alpha value is -3.21. The Morgan fingerprint density at radius 1 is 1.17 bits per heavy atom. The van der Waals surface area contributed by atoms with Crippen molar-refractivity contribution in [2.24, 2.45) is 5.73 Å². The van der Waals surface area contributed by atoms with Crippen LogP contribution in [-0.2, 0) is 11.2 Å². The molecule has 0 saturated carbocycles. The van der Waals surface area contributed by atoms with Crippen molar-refractivity contribution in [1.29, 1.82) is 0 Å². The Morgan fingerprint density at radius 3 is 2.67 bits per heavy atom. The van der Waals surface area contributed by atoms with Crippen LogP contribution in [0.1, 0.15) is 15.9 Å². The van der Waals surface area contributed by atoms with Crippen LogP contribution in [0, 0.1) is 5.82 Å². The van der Waals surface area contributed by atoms with Crippen LogP contribution in [0.5, 0.6) is 0 Å². The Kier molecular flexibility index (Phi) is 4.00. The van der Waals surface area contributed by atoms with Crippen molar-refractivity contribution < 1.29 is 14.0 Å². The van der Waals surface area contributed by atoms with Crippen LogP contribution in [0.15, 0.2) is 55.3 Å². The molecule has 3 N–H and O–H groups in total. The minimum atomic E-state index is -0.556. The highest BCUT2D eigenvalue weighted by Crippen LogP contribution is 2.33. The van der Waals surface area contributed by atoms with E-state index in [-0.39, 0.29) is 12.2 Å². The number of carbonyl (C=O) groups excluding carboxylic acids is 2. The van der Waals surface area contributed by atoms with E-state index >= 15 is 0 Å². The minimum absolute atomic E-state index is 0.0428. The van der Waals surface area contributed by atoms with Crippen LogP contribution in [0.4, 0.5) is 4.39 Å². The molecule has 3 aromatic rings. The lowest BCUT2D eigenvalue weighted by Crippen LogP contribution is -2.11. The second-order valence-corrected chi connectivity index (χ2v) is 5.42. The maximum Gasteiger partial charge on any atom is 0.250 e. The fraction of sp³-hybridized carbons (Fsp3) is 0.0526. The summed E-state index contributed by atoms with van der Waals surface area (Å²) in [6.45, 7) is 3.41. The van der Waals surface area contributed by atoms with Gasteiger partial charge in [-0.05, 0) is 29.3 Å². The first-order valence-corrected chi connectivity index (χ1v) is 7.36. The number of aromatic amines is 1. The number of hydrogen-bond donors (Lipinski definition) is 2. The van der Waals surface area contributed by atoms with E-state index in [9.17, 15) is 14.0 Å². The molecule has 0 bridgehead atoms. The summed E-state index contributed by atoms with van der Waals surface area (Å²) in [6, 6.07) is 9.91. The van der Waals surface area contributed by atoms with E-state index < -0.39 is 11.7 Å². The number of primary amides is 1. The summed E-state index contributed by atoms with van der Waals surface area (Å²) in [7, 11) is 0. The molecule has 0 saturated heterocycles. The molecule has 0 atom stereocenters. The van der Waals surface area contributed by atoms with Crippen LogP contribution >= 0.6 is 0 Å². The van der Waals surface area contributed by atoms with E-state index in [0.29, 0.717) is 33.2 Å². The van der Waals surface area contributed by atoms with Gasteiger partial charge in [0, 0.05) is 23.6 Å². The molecule has 0 aliphatic heterocycles. The van der Waals surface area contributed by atoms with Crippen LogP contribution in [0.25, 0.3) is 22.0 Å². The molecule has 0 fully saturated rings. The van der Waals surface area contributed by atoms with Crippen LogP contribution in [0.3, 0.4) is 0 Å². The average molecular weight is 322 g/mol. The van der Waals surface area contributed by atoms with Gasteiger partial charge in [0.1, 0.15) is 5.82 Å². The van der Waals surface area contributed by atoms with Gasteiger partial charge in [0.2, 0.25) is 0 Å². The summed E-state index contributed by atoms with van der Waals surface area (Å²) < 4.78 is 14.9. The lowest BCUT2D eigenvalue weighted by atomic mass is 9.95. The van der Waals surface area contributed by atoms with E-state index in [1.807, 2.05) is 0 Å². The zero-order chi connectivity index (χ0) is 17.3. The molecule has 1 heterocycles. The molecule has 0 unspecified atom stereocenters. The minimum Gasteiger partial charge on any atom is -0.366 e. The molecule has 0 spiro atoms. The van der Waals surface area contributed by atoms with Crippen molar-refractivity contribution in [3.05, 3.63) is 72.2 Å². The highest BCUT2D eigenvalue weighted by Gasteiger charge is 2.16. The van der Waals surface area contributed by atoms with Gasteiger partial charge in [0.05, 0.1) is 11.1 Å². The predicted octanol–water partition coefficient (Wildman–Crippen LogP) is 3.37. The number of halogens is 1. The standard InChI is InChI=1S/C19H15FN2O2/c1-2-12(23)10-11-4-3-5-14(17(11)20)13-6-7-16(19(21)24)18-15(13)8-9-22-18/h2-9,22H,1,10H2,(H2,21,24). The topological polar surface area (TPSA) is 76.0 Å². The van der Waals surface area contributed by atoms with Gasteiger partial charge in [-0.3, -0.25) is 9.59 Å². The van der Waals surface area contributed by atoms with Gasteiger partial charge in [-0.25, -0.2) is 4.39 Å². The quantitative estimate of drug-likeness (QED) is 0.707. The first-order valence-electron chi connectivity index (χ1n) is 7.36. The molecule has 4 nitrogen and oxygen atoms in total. The third-order valence-corrected chi connectivity index (χ3v) is 3.95. The molecule has 1 amide bonds. The summed E-state index contributed by atoms with van der Waals surface area (Å²) >= 11 is 0. The van der Waals surface area contributed by atoms with E-state index in [4.69, 9.17) is 5.73 Å². The van der Waals surface area contributed by atoms with Crippen LogP contribution < -0.4 is 5.73 Å². The average Bonchev–Trinajstić information content (AvgIpc) is 3.05. The number of rotatable bonds is 5. The monoisotopic (exact) mass is 322 g/mol. The number of nitrogens with two attached hydrogens (primary N) is 1. The van der Waals surface area contributed by atoms with Gasteiger partial charge >= 0.3 is 0 Å². The SMILES string of the molecule is C=CC(=O)Cc1cccc(-c2ccc(C(N)=O)c3[nH]ccc23)c1F. The number of carbonyl (C=O) groups is 2. The maximum absolute atomic E-state index is 14.9. The Morgan fingerprint density at radius 2 is 1.96 bits per heavy atom. The summed E-state index contributed by atoms with van der Waals surface area (Å²) in [5.41, 5.74) is 7.58. The number of fused-ring (bicyclic) bond motifs is 1. The lowest BCUT2D eigenvalue weighted by Gasteiger charge is -2.10. The van der Waals surface area contributed by atoms with Crippen LogP contribution in [0.2, 0.25) is 0 Å². The Balaban J connectivity index is 2.18. The summed E-state index contributed by atoms with van der Waals surface area (Å²) in [6.07, 6.45) is 2.81. The predicted molar refractivity (Wildman–Crippen MR) is 91.1 cm³/mol. The number of nitrogens with one attached hydrogen (secondary N) is 1. The molecule has 5 heteroatoms. The second-order valence-electron chi connectivity index (χ2n) is 5.42. The van der Waals surface area contributed by atoms with Gasteiger partial charge in [0.25, 0.3) is 5.91 Å². The Bertz CT molecular complexity index is 973. The molecule has 24 heavy (non-hydrogen) atoms. The second kappa shape index (κ2) is 6.12. The zero-order valence-electron chi connectivity index (χ0n) is 12.8. The summed E-state index contributed by atoms with van der Waals surface area (Å²) in [5.74, 6) is -1.26. The number of benzene rings is 2. The number of H-pyrrole nitrogens is 1. The molecule has 2 aromatic carbocycles. The molecule has 0 aliphatic carbocycles. The molecular weight excluding hydrogens is 307 g/mol. The van der Waals surface area contributed by atoms with Crippen molar-refractivity contribution in [2.45, 2.75) is 6.42 Å².